The summed E-state index contributed by atoms with van der Waals surface area (Å²) in [6.45, 7) is 5.68. The van der Waals surface area contributed by atoms with Gasteiger partial charge in [0.2, 0.25) is 10.0 Å². The first kappa shape index (κ1) is 35.4. The third-order valence-corrected chi connectivity index (χ3v) is 10.3. The summed E-state index contributed by atoms with van der Waals surface area (Å²) >= 11 is 0. The summed E-state index contributed by atoms with van der Waals surface area (Å²) in [4.78, 5) is 17.5. The first-order chi connectivity index (χ1) is 23.0. The van der Waals surface area contributed by atoms with Gasteiger partial charge in [-0.25, -0.2) is 22.9 Å². The Balaban J connectivity index is 1.35. The van der Waals surface area contributed by atoms with Crippen LogP contribution in [0.5, 0.6) is 0 Å². The van der Waals surface area contributed by atoms with Crippen molar-refractivity contribution in [1.82, 2.24) is 14.3 Å². The Morgan fingerprint density at radius 3 is 1.94 bits per heavy atom. The molecule has 3 aromatic carbocycles. The Labute approximate surface area is 286 Å². The summed E-state index contributed by atoms with van der Waals surface area (Å²) in [5, 5.41) is 0. The van der Waals surface area contributed by atoms with Gasteiger partial charge in [-0.3, -0.25) is 0 Å². The second-order valence-electron chi connectivity index (χ2n) is 13.8. The number of benzene rings is 3. The Morgan fingerprint density at radius 1 is 0.875 bits per heavy atom. The van der Waals surface area contributed by atoms with Crippen molar-refractivity contribution in [2.45, 2.75) is 89.4 Å². The molecule has 1 fully saturated rings. The molecule has 1 aromatic heterocycles. The van der Waals surface area contributed by atoms with Crippen LogP contribution in [0, 0.1) is 5.92 Å². The fourth-order valence-electron chi connectivity index (χ4n) is 6.70. The first-order valence-electron chi connectivity index (χ1n) is 17.1. The number of nitrogens with one attached hydrogen (secondary N) is 1. The zero-order valence-electron chi connectivity index (χ0n) is 28.4. The zero-order valence-corrected chi connectivity index (χ0v) is 29.2. The van der Waals surface area contributed by atoms with E-state index in [1.807, 2.05) is 24.5 Å². The minimum Gasteiger partial charge on any atom is -0.430 e. The average Bonchev–Trinajstić information content (AvgIpc) is 3.54. The van der Waals surface area contributed by atoms with Crippen LogP contribution < -0.4 is 4.72 Å². The highest BCUT2D eigenvalue weighted by atomic mass is 32.2. The maximum Gasteiger partial charge on any atom is 0.509 e. The maximum atomic E-state index is 13.1. The van der Waals surface area contributed by atoms with Crippen LogP contribution in [0.2, 0.25) is 0 Å². The molecule has 256 valence electrons. The van der Waals surface area contributed by atoms with Crippen LogP contribution in [0.3, 0.4) is 0 Å². The van der Waals surface area contributed by atoms with Gasteiger partial charge in [-0.15, -0.1) is 0 Å². The molecule has 1 saturated carbocycles. The van der Waals surface area contributed by atoms with Crippen molar-refractivity contribution in [2.75, 3.05) is 12.3 Å². The molecular weight excluding hydrogens is 623 g/mol. The molecule has 0 radical (unpaired) electrons. The van der Waals surface area contributed by atoms with Gasteiger partial charge in [0.25, 0.3) is 0 Å². The normalized spacial score (nSPS) is 15.1. The third-order valence-electron chi connectivity index (χ3n) is 8.93. The molecule has 8 nitrogen and oxygen atoms in total. The quantitative estimate of drug-likeness (QED) is 0.108. The molecule has 0 bridgehead atoms. The Bertz CT molecular complexity index is 1580. The van der Waals surface area contributed by atoms with Gasteiger partial charge in [-0.05, 0) is 75.5 Å². The maximum absolute atomic E-state index is 13.1. The van der Waals surface area contributed by atoms with Crippen molar-refractivity contribution in [3.05, 3.63) is 126 Å². The highest BCUT2D eigenvalue weighted by molar-refractivity contribution is 7.89. The van der Waals surface area contributed by atoms with Gasteiger partial charge >= 0.3 is 6.16 Å². The lowest BCUT2D eigenvalue weighted by Crippen LogP contribution is -2.38. The number of carbonyl (C=O) groups is 1. The van der Waals surface area contributed by atoms with Crippen LogP contribution in [0.15, 0.2) is 104 Å². The summed E-state index contributed by atoms with van der Waals surface area (Å²) < 4.78 is 42.2. The molecule has 1 aliphatic rings. The van der Waals surface area contributed by atoms with Crippen molar-refractivity contribution in [1.29, 1.82) is 0 Å². The van der Waals surface area contributed by atoms with Crippen molar-refractivity contribution < 1.29 is 22.7 Å². The lowest BCUT2D eigenvalue weighted by Gasteiger charge is -2.37. The van der Waals surface area contributed by atoms with Gasteiger partial charge in [0, 0.05) is 12.7 Å². The van der Waals surface area contributed by atoms with Gasteiger partial charge in [-0.2, -0.15) is 0 Å². The molecular formula is C39H49N3O5S. The first-order valence-corrected chi connectivity index (χ1v) is 18.8. The number of carbonyl (C=O) groups excluding carboxylic acids is 1. The van der Waals surface area contributed by atoms with E-state index >= 15 is 0 Å². The molecule has 48 heavy (non-hydrogen) atoms. The van der Waals surface area contributed by atoms with E-state index < -0.39 is 33.4 Å². The molecule has 0 saturated heterocycles. The molecule has 1 unspecified atom stereocenters. The third kappa shape index (κ3) is 9.35. The number of nitrogens with zero attached hydrogens (tertiary/aromatic N) is 2. The molecule has 0 spiro atoms. The van der Waals surface area contributed by atoms with Crippen LogP contribution in [-0.4, -0.2) is 48.1 Å². The predicted octanol–water partition coefficient (Wildman–Crippen LogP) is 7.87. The summed E-state index contributed by atoms with van der Waals surface area (Å²) in [7, 11) is -3.67. The average molecular weight is 672 g/mol. The van der Waals surface area contributed by atoms with E-state index in [1.165, 1.54) is 6.42 Å². The molecule has 0 aliphatic heterocycles. The lowest BCUT2D eigenvalue weighted by atomic mass is 9.77. The van der Waals surface area contributed by atoms with Gasteiger partial charge in [0.05, 0.1) is 12.0 Å². The van der Waals surface area contributed by atoms with E-state index in [0.29, 0.717) is 31.7 Å². The summed E-state index contributed by atoms with van der Waals surface area (Å²) in [5.41, 5.74) is 2.73. The predicted molar refractivity (Wildman–Crippen MR) is 189 cm³/mol. The van der Waals surface area contributed by atoms with E-state index in [-0.39, 0.29) is 5.75 Å². The standard InChI is InChI=1S/C39H49N3O5S/c1-38(2,3)47-37(43)46-36(29-48(44,45)41-27-31-17-8-4-9-18-31)26-16-25-35-28-42(30-40-35)39(32-19-10-5-11-20-32,33-21-12-6-13-22-33)34-23-14-7-15-24-34/h5-7,10-15,19-24,28,30-31,36,41H,4,8-9,16-18,25-27,29H2,1-3H3. The highest BCUT2D eigenvalue weighted by Gasteiger charge is 2.38. The zero-order chi connectivity index (χ0) is 34.0. The Kier molecular flexibility index (Phi) is 11.8. The molecule has 1 aliphatic carbocycles. The number of rotatable bonds is 14. The minimum atomic E-state index is -3.67. The van der Waals surface area contributed by atoms with Crippen LogP contribution in [0.4, 0.5) is 4.79 Å². The monoisotopic (exact) mass is 671 g/mol. The second kappa shape index (κ2) is 16.0. The minimum absolute atomic E-state index is 0.313. The van der Waals surface area contributed by atoms with Gasteiger partial charge in [0.1, 0.15) is 23.0 Å². The molecule has 1 N–H and O–H groups in total. The van der Waals surface area contributed by atoms with E-state index in [9.17, 15) is 13.2 Å². The molecule has 0 amide bonds. The van der Waals surface area contributed by atoms with E-state index in [1.54, 1.807) is 20.8 Å². The second-order valence-corrected chi connectivity index (χ2v) is 15.7. The van der Waals surface area contributed by atoms with Gasteiger partial charge in [0.15, 0.2) is 0 Å². The van der Waals surface area contributed by atoms with Crippen LogP contribution >= 0.6 is 0 Å². The van der Waals surface area contributed by atoms with Gasteiger partial charge < -0.3 is 14.0 Å². The van der Waals surface area contributed by atoms with Crippen molar-refractivity contribution >= 4 is 16.2 Å². The number of aryl methyl sites for hydroxylation is 1. The number of hydrogen-bond donors (Lipinski definition) is 1. The van der Waals surface area contributed by atoms with Crippen molar-refractivity contribution in [3.63, 3.8) is 0 Å². The molecule has 5 rings (SSSR count). The molecule has 1 atom stereocenters. The summed E-state index contributed by atoms with van der Waals surface area (Å²) in [6.07, 6.45) is 9.25. The van der Waals surface area contributed by atoms with Crippen LogP contribution in [-0.2, 0) is 31.5 Å². The van der Waals surface area contributed by atoms with E-state index in [0.717, 1.165) is 48.1 Å². The molecule has 9 heteroatoms. The summed E-state index contributed by atoms with van der Waals surface area (Å²) in [6, 6.07) is 31.2. The Hall–Kier alpha value is -3.95. The fourth-order valence-corrected chi connectivity index (χ4v) is 8.03. The number of sulfonamides is 1. The number of hydrogen-bond acceptors (Lipinski definition) is 6. The van der Waals surface area contributed by atoms with Crippen LogP contribution in [0.25, 0.3) is 0 Å². The van der Waals surface area contributed by atoms with Crippen LogP contribution in [0.1, 0.15) is 88.1 Å². The smallest absolute Gasteiger partial charge is 0.430 e. The largest absolute Gasteiger partial charge is 0.509 e. The SMILES string of the molecule is CC(C)(C)OC(=O)OC(CCCc1cn(C(c2ccccc2)(c2ccccc2)c2ccccc2)cn1)CS(=O)(=O)NCC1CCCCC1. The molecule has 4 aromatic rings. The topological polar surface area (TPSA) is 99.5 Å². The highest BCUT2D eigenvalue weighted by Crippen LogP contribution is 2.40. The fraction of sp³-hybridized carbons (Fsp3) is 0.436. The van der Waals surface area contributed by atoms with E-state index in [4.69, 9.17) is 14.5 Å². The summed E-state index contributed by atoms with van der Waals surface area (Å²) in [5.74, 6) is 0.0376. The van der Waals surface area contributed by atoms with E-state index in [2.05, 4.69) is 88.3 Å². The van der Waals surface area contributed by atoms with Crippen molar-refractivity contribution in [2.24, 2.45) is 5.92 Å². The van der Waals surface area contributed by atoms with Crippen molar-refractivity contribution in [3.8, 4) is 0 Å². The molecule has 1 heterocycles. The number of ether oxygens (including phenoxy) is 2. The Morgan fingerprint density at radius 2 is 1.42 bits per heavy atom. The number of imidazole rings is 1. The number of aromatic nitrogens is 2. The van der Waals surface area contributed by atoms with Gasteiger partial charge in [-0.1, -0.05) is 110 Å². The lowest BCUT2D eigenvalue weighted by molar-refractivity contribution is -0.0242.